The van der Waals surface area contributed by atoms with E-state index in [4.69, 9.17) is 14.9 Å². The summed E-state index contributed by atoms with van der Waals surface area (Å²) in [6.45, 7) is 5.55. The van der Waals surface area contributed by atoms with Gasteiger partial charge in [0.1, 0.15) is 11.3 Å². The Hall–Kier alpha value is -2.01. The summed E-state index contributed by atoms with van der Waals surface area (Å²) in [5.41, 5.74) is 8.06. The maximum absolute atomic E-state index is 6.05. The summed E-state index contributed by atoms with van der Waals surface area (Å²) in [4.78, 5) is 6.56. The molecule has 1 aliphatic rings. The van der Waals surface area contributed by atoms with Crippen LogP contribution in [0.4, 0.5) is 0 Å². The molecule has 2 aromatic rings. The lowest BCUT2D eigenvalue weighted by molar-refractivity contribution is 0.0674. The Morgan fingerprint density at radius 2 is 2.05 bits per heavy atom. The second-order valence-electron chi connectivity index (χ2n) is 4.91. The normalized spacial score (nSPS) is 16.9. The van der Waals surface area contributed by atoms with Crippen LogP contribution in [-0.2, 0) is 11.3 Å². The fraction of sp³-hybridized carbons (Fsp3) is 0.400. The number of benzene rings is 1. The number of furan rings is 1. The predicted molar refractivity (Wildman–Crippen MR) is 78.7 cm³/mol. The van der Waals surface area contributed by atoms with Crippen LogP contribution in [0.25, 0.3) is 11.0 Å². The number of fused-ring (bicyclic) bond motifs is 1. The molecule has 1 aromatic carbocycles. The topological polar surface area (TPSA) is 64.0 Å². The molecule has 0 aliphatic carbocycles. The number of rotatable bonds is 2. The highest BCUT2D eigenvalue weighted by atomic mass is 16.5. The van der Waals surface area contributed by atoms with Crippen LogP contribution in [0.5, 0.6) is 0 Å². The van der Waals surface area contributed by atoms with Crippen molar-refractivity contribution in [3.63, 3.8) is 0 Å². The Bertz CT molecular complexity index is 627. The Morgan fingerprint density at radius 1 is 1.30 bits per heavy atom. The van der Waals surface area contributed by atoms with Crippen LogP contribution in [0, 0.1) is 6.92 Å². The smallest absolute Gasteiger partial charge is 0.191 e. The molecule has 5 heteroatoms. The molecule has 0 bridgehead atoms. The quantitative estimate of drug-likeness (QED) is 0.670. The first-order valence-electron chi connectivity index (χ1n) is 6.85. The van der Waals surface area contributed by atoms with Crippen molar-refractivity contribution in [1.82, 2.24) is 4.90 Å². The fourth-order valence-corrected chi connectivity index (χ4v) is 2.47. The van der Waals surface area contributed by atoms with E-state index in [1.807, 2.05) is 25.1 Å². The number of ether oxygens (including phenoxy) is 1. The zero-order valence-electron chi connectivity index (χ0n) is 11.6. The van der Waals surface area contributed by atoms with E-state index < -0.39 is 0 Å². The molecular weight excluding hydrogens is 254 g/mol. The molecule has 1 saturated heterocycles. The van der Waals surface area contributed by atoms with Crippen LogP contribution in [0.2, 0.25) is 0 Å². The SMILES string of the molecule is Cc1oc2ccccc2c1CN=C(N)N1CCOCC1. The number of nitrogens with zero attached hydrogens (tertiary/aromatic N) is 2. The van der Waals surface area contributed by atoms with Gasteiger partial charge in [0.15, 0.2) is 5.96 Å². The van der Waals surface area contributed by atoms with Crippen molar-refractivity contribution in [3.8, 4) is 0 Å². The van der Waals surface area contributed by atoms with Crippen molar-refractivity contribution in [2.24, 2.45) is 10.7 Å². The Labute approximate surface area is 118 Å². The molecule has 1 aliphatic heterocycles. The maximum atomic E-state index is 6.05. The van der Waals surface area contributed by atoms with E-state index in [1.165, 1.54) is 0 Å². The van der Waals surface area contributed by atoms with E-state index in [-0.39, 0.29) is 0 Å². The summed E-state index contributed by atoms with van der Waals surface area (Å²) >= 11 is 0. The van der Waals surface area contributed by atoms with Crippen molar-refractivity contribution in [2.45, 2.75) is 13.5 Å². The molecule has 0 radical (unpaired) electrons. The lowest BCUT2D eigenvalue weighted by atomic mass is 10.1. The predicted octanol–water partition coefficient (Wildman–Crippen LogP) is 1.89. The minimum Gasteiger partial charge on any atom is -0.461 e. The first kappa shape index (κ1) is 13.0. The molecule has 1 aromatic heterocycles. The minimum absolute atomic E-state index is 0.548. The van der Waals surface area contributed by atoms with Gasteiger partial charge in [-0.1, -0.05) is 18.2 Å². The third-order valence-corrected chi connectivity index (χ3v) is 3.63. The summed E-state index contributed by atoms with van der Waals surface area (Å²) in [7, 11) is 0. The average Bonchev–Trinajstić information content (AvgIpc) is 2.81. The van der Waals surface area contributed by atoms with Crippen molar-refractivity contribution < 1.29 is 9.15 Å². The molecule has 0 amide bonds. The molecule has 0 saturated carbocycles. The molecule has 5 nitrogen and oxygen atoms in total. The van der Waals surface area contributed by atoms with Crippen LogP contribution in [0.15, 0.2) is 33.7 Å². The number of aliphatic imine (C=N–C) groups is 1. The van der Waals surface area contributed by atoms with Gasteiger partial charge in [-0.2, -0.15) is 0 Å². The largest absolute Gasteiger partial charge is 0.461 e. The zero-order valence-corrected chi connectivity index (χ0v) is 11.6. The molecule has 20 heavy (non-hydrogen) atoms. The summed E-state index contributed by atoms with van der Waals surface area (Å²) in [6, 6.07) is 8.01. The van der Waals surface area contributed by atoms with E-state index in [2.05, 4.69) is 16.0 Å². The summed E-state index contributed by atoms with van der Waals surface area (Å²) in [6.07, 6.45) is 0. The van der Waals surface area contributed by atoms with E-state index in [0.717, 1.165) is 35.4 Å². The van der Waals surface area contributed by atoms with E-state index in [0.29, 0.717) is 25.7 Å². The Kier molecular flexibility index (Phi) is 3.60. The number of morpholine rings is 1. The third-order valence-electron chi connectivity index (χ3n) is 3.63. The fourth-order valence-electron chi connectivity index (χ4n) is 2.47. The Balaban J connectivity index is 1.80. The van der Waals surface area contributed by atoms with E-state index in [9.17, 15) is 0 Å². The van der Waals surface area contributed by atoms with Crippen molar-refractivity contribution in [2.75, 3.05) is 26.3 Å². The second-order valence-corrected chi connectivity index (χ2v) is 4.91. The molecule has 0 spiro atoms. The molecule has 0 atom stereocenters. The number of aryl methyl sites for hydroxylation is 1. The van der Waals surface area contributed by atoms with Crippen LogP contribution >= 0.6 is 0 Å². The molecular formula is C15H19N3O2. The van der Waals surface area contributed by atoms with Crippen molar-refractivity contribution in [3.05, 3.63) is 35.6 Å². The van der Waals surface area contributed by atoms with Crippen LogP contribution in [0.1, 0.15) is 11.3 Å². The third kappa shape index (κ3) is 2.49. The van der Waals surface area contributed by atoms with Crippen LogP contribution < -0.4 is 5.73 Å². The summed E-state index contributed by atoms with van der Waals surface area (Å²) in [5, 5.41) is 1.11. The van der Waals surface area contributed by atoms with Gasteiger partial charge in [-0.25, -0.2) is 4.99 Å². The molecule has 3 rings (SSSR count). The van der Waals surface area contributed by atoms with Gasteiger partial charge < -0.3 is 19.8 Å². The molecule has 0 unspecified atom stereocenters. The van der Waals surface area contributed by atoms with Gasteiger partial charge in [0.2, 0.25) is 0 Å². The maximum Gasteiger partial charge on any atom is 0.191 e. The Morgan fingerprint density at radius 3 is 2.85 bits per heavy atom. The van der Waals surface area contributed by atoms with Gasteiger partial charge in [-0.05, 0) is 13.0 Å². The summed E-state index contributed by atoms with van der Waals surface area (Å²) < 4.78 is 11.0. The number of guanidine groups is 1. The molecule has 2 N–H and O–H groups in total. The van der Waals surface area contributed by atoms with Crippen molar-refractivity contribution >= 4 is 16.9 Å². The highest BCUT2D eigenvalue weighted by Gasteiger charge is 2.13. The lowest BCUT2D eigenvalue weighted by Gasteiger charge is -2.27. The van der Waals surface area contributed by atoms with Crippen LogP contribution in [0.3, 0.4) is 0 Å². The van der Waals surface area contributed by atoms with Gasteiger partial charge in [-0.3, -0.25) is 0 Å². The highest BCUT2D eigenvalue weighted by molar-refractivity contribution is 5.83. The average molecular weight is 273 g/mol. The lowest BCUT2D eigenvalue weighted by Crippen LogP contribution is -2.44. The molecule has 106 valence electrons. The number of nitrogens with two attached hydrogens (primary N) is 1. The van der Waals surface area contributed by atoms with E-state index in [1.54, 1.807) is 0 Å². The van der Waals surface area contributed by atoms with Gasteiger partial charge in [0, 0.05) is 24.0 Å². The van der Waals surface area contributed by atoms with Gasteiger partial charge in [0.25, 0.3) is 0 Å². The van der Waals surface area contributed by atoms with Gasteiger partial charge in [0.05, 0.1) is 19.8 Å². The number of para-hydroxylation sites is 1. The van der Waals surface area contributed by atoms with Crippen molar-refractivity contribution in [1.29, 1.82) is 0 Å². The first-order chi connectivity index (χ1) is 9.75. The highest BCUT2D eigenvalue weighted by Crippen LogP contribution is 2.25. The van der Waals surface area contributed by atoms with Crippen LogP contribution in [-0.4, -0.2) is 37.2 Å². The van der Waals surface area contributed by atoms with Gasteiger partial charge in [-0.15, -0.1) is 0 Å². The molecule has 1 fully saturated rings. The van der Waals surface area contributed by atoms with Gasteiger partial charge >= 0.3 is 0 Å². The van der Waals surface area contributed by atoms with E-state index >= 15 is 0 Å². The monoisotopic (exact) mass is 273 g/mol. The first-order valence-corrected chi connectivity index (χ1v) is 6.85. The second kappa shape index (κ2) is 5.54. The minimum atomic E-state index is 0.548. The number of hydrogen-bond acceptors (Lipinski definition) is 3. The molecule has 2 heterocycles. The summed E-state index contributed by atoms with van der Waals surface area (Å²) in [5.74, 6) is 1.49. The zero-order chi connectivity index (χ0) is 13.9. The standard InChI is InChI=1S/C15H19N3O2/c1-11-13(12-4-2-3-5-14(12)20-11)10-17-15(16)18-6-8-19-9-7-18/h2-5H,6-10H2,1H3,(H2,16,17). The number of hydrogen-bond donors (Lipinski definition) is 1.